The molecule has 2 nitrogen and oxygen atoms in total. The summed E-state index contributed by atoms with van der Waals surface area (Å²) in [5.74, 6) is -0.748. The molecule has 1 aromatic heterocycles. The molecule has 1 unspecified atom stereocenters. The van der Waals surface area contributed by atoms with Crippen LogP contribution in [-0.2, 0) is 11.2 Å². The van der Waals surface area contributed by atoms with Gasteiger partial charge in [0.2, 0.25) is 0 Å². The van der Waals surface area contributed by atoms with Gasteiger partial charge in [0.05, 0.1) is 5.92 Å². The van der Waals surface area contributed by atoms with E-state index in [2.05, 4.69) is 0 Å². The zero-order chi connectivity index (χ0) is 9.84. The molecule has 0 aliphatic rings. The fourth-order valence-corrected chi connectivity index (χ4v) is 2.02. The van der Waals surface area contributed by atoms with E-state index in [1.165, 1.54) is 0 Å². The van der Waals surface area contributed by atoms with Crippen molar-refractivity contribution in [1.29, 1.82) is 0 Å². The first-order valence-electron chi connectivity index (χ1n) is 4.36. The van der Waals surface area contributed by atoms with Crippen LogP contribution >= 0.6 is 11.3 Å². The highest BCUT2D eigenvalue weighted by atomic mass is 32.1. The van der Waals surface area contributed by atoms with Crippen LogP contribution in [0.1, 0.15) is 18.7 Å². The number of carboxylic acids is 1. The van der Waals surface area contributed by atoms with Crippen molar-refractivity contribution in [1.82, 2.24) is 0 Å². The maximum Gasteiger partial charge on any atom is 0.307 e. The second-order valence-electron chi connectivity index (χ2n) is 3.47. The minimum absolute atomic E-state index is 0.194. The van der Waals surface area contributed by atoms with Crippen LogP contribution in [0.15, 0.2) is 17.5 Å². The minimum Gasteiger partial charge on any atom is -0.481 e. The lowest BCUT2D eigenvalue weighted by Crippen LogP contribution is -2.21. The van der Waals surface area contributed by atoms with Gasteiger partial charge in [0.1, 0.15) is 0 Å². The Kier molecular flexibility index (Phi) is 3.48. The maximum atomic E-state index is 10.9. The Morgan fingerprint density at radius 1 is 1.62 bits per heavy atom. The highest BCUT2D eigenvalue weighted by Crippen LogP contribution is 2.20. The SMILES string of the molecule is CC(C)C(Cc1cccs1)C(=O)O. The number of hydrogen-bond donors (Lipinski definition) is 1. The first-order valence-corrected chi connectivity index (χ1v) is 5.24. The van der Waals surface area contributed by atoms with Crippen LogP contribution in [0.3, 0.4) is 0 Å². The van der Waals surface area contributed by atoms with E-state index in [-0.39, 0.29) is 11.8 Å². The molecule has 13 heavy (non-hydrogen) atoms. The van der Waals surface area contributed by atoms with E-state index < -0.39 is 5.97 Å². The van der Waals surface area contributed by atoms with E-state index in [0.717, 1.165) is 4.88 Å². The van der Waals surface area contributed by atoms with Gasteiger partial charge in [-0.15, -0.1) is 11.3 Å². The monoisotopic (exact) mass is 198 g/mol. The molecule has 0 saturated carbocycles. The highest BCUT2D eigenvalue weighted by Gasteiger charge is 2.21. The fourth-order valence-electron chi connectivity index (χ4n) is 1.25. The smallest absolute Gasteiger partial charge is 0.307 e. The van der Waals surface area contributed by atoms with Gasteiger partial charge in [0.15, 0.2) is 0 Å². The lowest BCUT2D eigenvalue weighted by atomic mass is 9.92. The van der Waals surface area contributed by atoms with E-state index in [1.54, 1.807) is 11.3 Å². The van der Waals surface area contributed by atoms with Crippen LogP contribution in [0, 0.1) is 11.8 Å². The molecule has 0 aliphatic carbocycles. The molecule has 0 radical (unpaired) electrons. The van der Waals surface area contributed by atoms with Gasteiger partial charge in [-0.1, -0.05) is 19.9 Å². The van der Waals surface area contributed by atoms with Gasteiger partial charge < -0.3 is 5.11 Å². The van der Waals surface area contributed by atoms with Crippen LogP contribution in [0.5, 0.6) is 0 Å². The molecular formula is C10H14O2S. The van der Waals surface area contributed by atoms with Crippen molar-refractivity contribution in [3.05, 3.63) is 22.4 Å². The average Bonchev–Trinajstić information content (AvgIpc) is 2.50. The summed E-state index contributed by atoms with van der Waals surface area (Å²) >= 11 is 1.62. The summed E-state index contributed by atoms with van der Waals surface area (Å²) in [6.45, 7) is 3.90. The molecule has 1 heterocycles. The third kappa shape index (κ3) is 2.84. The average molecular weight is 198 g/mol. The fraction of sp³-hybridized carbons (Fsp3) is 0.500. The van der Waals surface area contributed by atoms with Crippen LogP contribution < -0.4 is 0 Å². The summed E-state index contributed by atoms with van der Waals surface area (Å²) in [6.07, 6.45) is 0.657. The lowest BCUT2D eigenvalue weighted by Gasteiger charge is -2.14. The molecule has 3 heteroatoms. The molecule has 1 N–H and O–H groups in total. The number of thiophene rings is 1. The molecule has 1 atom stereocenters. The Balaban J connectivity index is 2.63. The van der Waals surface area contributed by atoms with E-state index in [0.29, 0.717) is 6.42 Å². The van der Waals surface area contributed by atoms with Gasteiger partial charge in [-0.25, -0.2) is 0 Å². The van der Waals surface area contributed by atoms with Gasteiger partial charge in [-0.05, 0) is 23.8 Å². The van der Waals surface area contributed by atoms with Crippen LogP contribution in [0.25, 0.3) is 0 Å². The standard InChI is InChI=1S/C10H14O2S/c1-7(2)9(10(11)12)6-8-4-3-5-13-8/h3-5,7,9H,6H2,1-2H3,(H,11,12). The van der Waals surface area contributed by atoms with Crippen molar-refractivity contribution in [2.75, 3.05) is 0 Å². The number of hydrogen-bond acceptors (Lipinski definition) is 2. The van der Waals surface area contributed by atoms with Crippen molar-refractivity contribution >= 4 is 17.3 Å². The molecule has 0 saturated heterocycles. The van der Waals surface area contributed by atoms with E-state index in [9.17, 15) is 4.79 Å². The molecule has 0 fully saturated rings. The van der Waals surface area contributed by atoms with Gasteiger partial charge in [-0.3, -0.25) is 4.79 Å². The summed E-state index contributed by atoms with van der Waals surface area (Å²) < 4.78 is 0. The first kappa shape index (κ1) is 10.3. The minimum atomic E-state index is -0.691. The Bertz CT molecular complexity index is 264. The van der Waals surface area contributed by atoms with Gasteiger partial charge in [0, 0.05) is 4.88 Å². The molecule has 1 rings (SSSR count). The van der Waals surface area contributed by atoms with Gasteiger partial charge in [0.25, 0.3) is 0 Å². The van der Waals surface area contributed by atoms with Crippen molar-refractivity contribution in [3.63, 3.8) is 0 Å². The highest BCUT2D eigenvalue weighted by molar-refractivity contribution is 7.09. The Labute approximate surface area is 82.2 Å². The molecule has 0 bridgehead atoms. The summed E-state index contributed by atoms with van der Waals surface area (Å²) in [4.78, 5) is 12.0. The van der Waals surface area contributed by atoms with E-state index in [1.807, 2.05) is 31.4 Å². The largest absolute Gasteiger partial charge is 0.481 e. The number of carboxylic acid groups (broad SMARTS) is 1. The summed E-state index contributed by atoms with van der Waals surface area (Å²) in [6, 6.07) is 3.95. The molecule has 0 aliphatic heterocycles. The van der Waals surface area contributed by atoms with Crippen molar-refractivity contribution in [2.45, 2.75) is 20.3 Å². The van der Waals surface area contributed by atoms with Crippen LogP contribution in [0.2, 0.25) is 0 Å². The number of carbonyl (C=O) groups is 1. The van der Waals surface area contributed by atoms with E-state index in [4.69, 9.17) is 5.11 Å². The zero-order valence-electron chi connectivity index (χ0n) is 7.86. The summed E-state index contributed by atoms with van der Waals surface area (Å²) in [7, 11) is 0. The predicted octanol–water partition coefficient (Wildman–Crippen LogP) is 2.65. The Morgan fingerprint density at radius 3 is 2.69 bits per heavy atom. The Hall–Kier alpha value is -0.830. The third-order valence-electron chi connectivity index (χ3n) is 2.12. The maximum absolute atomic E-state index is 10.9. The molecule has 72 valence electrons. The van der Waals surface area contributed by atoms with Gasteiger partial charge >= 0.3 is 5.97 Å². The molecular weight excluding hydrogens is 184 g/mol. The van der Waals surface area contributed by atoms with E-state index >= 15 is 0 Å². The Morgan fingerprint density at radius 2 is 2.31 bits per heavy atom. The quantitative estimate of drug-likeness (QED) is 0.807. The second-order valence-corrected chi connectivity index (χ2v) is 4.50. The molecule has 0 spiro atoms. The zero-order valence-corrected chi connectivity index (χ0v) is 8.67. The number of aliphatic carboxylic acids is 1. The predicted molar refractivity (Wildman–Crippen MR) is 54.0 cm³/mol. The van der Waals surface area contributed by atoms with Crippen molar-refractivity contribution in [2.24, 2.45) is 11.8 Å². The second kappa shape index (κ2) is 4.42. The van der Waals surface area contributed by atoms with Gasteiger partial charge in [-0.2, -0.15) is 0 Å². The summed E-state index contributed by atoms with van der Waals surface area (Å²) in [5.41, 5.74) is 0. The topological polar surface area (TPSA) is 37.3 Å². The lowest BCUT2D eigenvalue weighted by molar-refractivity contribution is -0.143. The van der Waals surface area contributed by atoms with Crippen molar-refractivity contribution in [3.8, 4) is 0 Å². The molecule has 1 aromatic rings. The molecule has 0 amide bonds. The van der Waals surface area contributed by atoms with Crippen molar-refractivity contribution < 1.29 is 9.90 Å². The first-order chi connectivity index (χ1) is 6.11. The van der Waals surface area contributed by atoms with Crippen LogP contribution in [0.4, 0.5) is 0 Å². The van der Waals surface area contributed by atoms with Crippen LogP contribution in [-0.4, -0.2) is 11.1 Å². The molecule has 0 aromatic carbocycles. The number of rotatable bonds is 4. The summed E-state index contributed by atoms with van der Waals surface area (Å²) in [5, 5.41) is 10.9. The third-order valence-corrected chi connectivity index (χ3v) is 3.02. The normalized spacial score (nSPS) is 13.2.